The lowest BCUT2D eigenvalue weighted by Crippen LogP contribution is -2.36. The van der Waals surface area contributed by atoms with Crippen molar-refractivity contribution in [2.24, 2.45) is 5.41 Å². The topological polar surface area (TPSA) is 78.9 Å². The number of hydroxylamine groups is 2. The summed E-state index contributed by atoms with van der Waals surface area (Å²) in [6.07, 6.45) is -1.94. The van der Waals surface area contributed by atoms with Crippen molar-refractivity contribution in [2.75, 3.05) is 6.54 Å². The van der Waals surface area contributed by atoms with Crippen molar-refractivity contribution in [3.8, 4) is 5.75 Å². The van der Waals surface area contributed by atoms with E-state index < -0.39 is 12.3 Å². The van der Waals surface area contributed by atoms with E-state index in [1.807, 2.05) is 6.07 Å². The summed E-state index contributed by atoms with van der Waals surface area (Å²) in [4.78, 5) is 24.8. The normalized spacial score (nSPS) is 20.3. The third-order valence-electron chi connectivity index (χ3n) is 5.95. The van der Waals surface area contributed by atoms with Crippen LogP contribution in [0.5, 0.6) is 5.75 Å². The molecule has 1 saturated heterocycles. The first-order chi connectivity index (χ1) is 14.7. The molecule has 2 aliphatic rings. The lowest BCUT2D eigenvalue weighted by molar-refractivity contribution is -0.274. The van der Waals surface area contributed by atoms with Crippen molar-refractivity contribution < 1.29 is 32.7 Å². The van der Waals surface area contributed by atoms with Crippen LogP contribution in [0.15, 0.2) is 42.5 Å². The van der Waals surface area contributed by atoms with Gasteiger partial charge in [0.2, 0.25) is 5.91 Å². The van der Waals surface area contributed by atoms with Gasteiger partial charge in [-0.1, -0.05) is 18.2 Å². The number of aryl methyl sites for hydroxylation is 1. The predicted molar refractivity (Wildman–Crippen MR) is 103 cm³/mol. The first-order valence-electron chi connectivity index (χ1n) is 9.91. The minimum absolute atomic E-state index is 0.0893. The van der Waals surface area contributed by atoms with Crippen molar-refractivity contribution >= 4 is 11.8 Å². The summed E-state index contributed by atoms with van der Waals surface area (Å²) in [6, 6.07) is 10.1. The second kappa shape index (κ2) is 7.88. The summed E-state index contributed by atoms with van der Waals surface area (Å²) in [5, 5.41) is 13.6. The number of fused-ring (bicyclic) bond motifs is 1. The molecule has 6 nitrogen and oxygen atoms in total. The third-order valence-corrected chi connectivity index (χ3v) is 5.95. The Kier molecular flexibility index (Phi) is 5.38. The van der Waals surface area contributed by atoms with Gasteiger partial charge in [0.1, 0.15) is 5.75 Å². The maximum absolute atomic E-state index is 12.6. The Bertz CT molecular complexity index is 1010. The molecule has 0 bridgehead atoms. The van der Waals surface area contributed by atoms with E-state index in [-0.39, 0.29) is 23.6 Å². The third kappa shape index (κ3) is 4.51. The minimum Gasteiger partial charge on any atom is -0.406 e. The molecule has 1 spiro atoms. The molecule has 1 aliphatic heterocycles. The molecule has 2 N–H and O–H groups in total. The van der Waals surface area contributed by atoms with Crippen LogP contribution < -0.4 is 10.1 Å². The van der Waals surface area contributed by atoms with Crippen molar-refractivity contribution in [3.05, 3.63) is 64.7 Å². The van der Waals surface area contributed by atoms with Crippen molar-refractivity contribution in [1.82, 2.24) is 10.4 Å². The molecule has 1 fully saturated rings. The van der Waals surface area contributed by atoms with E-state index in [1.165, 1.54) is 12.1 Å². The van der Waals surface area contributed by atoms with Gasteiger partial charge in [0.25, 0.3) is 5.91 Å². The quantitative estimate of drug-likeness (QED) is 0.569. The Labute approximate surface area is 176 Å². The minimum atomic E-state index is -4.78. The van der Waals surface area contributed by atoms with E-state index in [9.17, 15) is 28.0 Å². The molecule has 0 unspecified atom stereocenters. The van der Waals surface area contributed by atoms with E-state index in [1.54, 1.807) is 12.1 Å². The van der Waals surface area contributed by atoms with Crippen LogP contribution in [0.3, 0.4) is 0 Å². The first kappa shape index (κ1) is 21.2. The second-order valence-electron chi connectivity index (χ2n) is 8.00. The molecule has 1 aliphatic carbocycles. The van der Waals surface area contributed by atoms with Gasteiger partial charge in [-0.2, -0.15) is 0 Å². The molecule has 31 heavy (non-hydrogen) atoms. The monoisotopic (exact) mass is 434 g/mol. The van der Waals surface area contributed by atoms with Gasteiger partial charge in [-0.25, -0.2) is 5.06 Å². The molecule has 164 valence electrons. The van der Waals surface area contributed by atoms with E-state index in [0.29, 0.717) is 35.6 Å². The Morgan fingerprint density at radius 1 is 1.13 bits per heavy atom. The number of nitrogens with zero attached hydrogens (tertiary/aromatic N) is 1. The molecule has 1 heterocycles. The van der Waals surface area contributed by atoms with Crippen LogP contribution in [0.2, 0.25) is 0 Å². The number of ether oxygens (including phenoxy) is 1. The zero-order valence-electron chi connectivity index (χ0n) is 16.5. The van der Waals surface area contributed by atoms with Gasteiger partial charge >= 0.3 is 6.36 Å². The lowest BCUT2D eigenvalue weighted by atomic mass is 9.70. The molecular formula is C22H21F3N2O4. The highest BCUT2D eigenvalue weighted by molar-refractivity contribution is 5.94. The van der Waals surface area contributed by atoms with Crippen LogP contribution in [0, 0.1) is 5.41 Å². The molecular weight excluding hydrogens is 413 g/mol. The van der Waals surface area contributed by atoms with Crippen LogP contribution in [0.4, 0.5) is 13.2 Å². The van der Waals surface area contributed by atoms with Gasteiger partial charge in [-0.05, 0) is 66.6 Å². The number of amides is 2. The van der Waals surface area contributed by atoms with E-state index in [2.05, 4.69) is 10.1 Å². The summed E-state index contributed by atoms with van der Waals surface area (Å²) in [5.74, 6) is -0.903. The summed E-state index contributed by atoms with van der Waals surface area (Å²) in [5.41, 5.74) is 2.41. The van der Waals surface area contributed by atoms with Crippen molar-refractivity contribution in [1.29, 1.82) is 0 Å². The summed E-state index contributed by atoms with van der Waals surface area (Å²) < 4.78 is 40.5. The van der Waals surface area contributed by atoms with Crippen LogP contribution in [0.1, 0.15) is 39.9 Å². The Morgan fingerprint density at radius 3 is 2.52 bits per heavy atom. The average molecular weight is 434 g/mol. The number of rotatable bonds is 4. The maximum atomic E-state index is 12.6. The molecule has 2 amide bonds. The number of carbonyl (C=O) groups is 2. The van der Waals surface area contributed by atoms with Crippen LogP contribution in [-0.2, 0) is 24.2 Å². The second-order valence-corrected chi connectivity index (χ2v) is 8.00. The van der Waals surface area contributed by atoms with E-state index >= 15 is 0 Å². The molecule has 2 aromatic carbocycles. The van der Waals surface area contributed by atoms with E-state index in [4.69, 9.17) is 0 Å². The van der Waals surface area contributed by atoms with Gasteiger partial charge in [0.05, 0.1) is 12.0 Å². The molecule has 2 aromatic rings. The predicted octanol–water partition coefficient (Wildman–Crippen LogP) is 3.61. The number of alkyl halides is 3. The zero-order valence-corrected chi connectivity index (χ0v) is 16.5. The van der Waals surface area contributed by atoms with Gasteiger partial charge in [-0.3, -0.25) is 14.8 Å². The van der Waals surface area contributed by atoms with Gasteiger partial charge in [0, 0.05) is 12.1 Å². The molecule has 1 atom stereocenters. The smallest absolute Gasteiger partial charge is 0.406 e. The number of hydrogen-bond acceptors (Lipinski definition) is 4. The lowest BCUT2D eigenvalue weighted by Gasteiger charge is -2.32. The van der Waals surface area contributed by atoms with Gasteiger partial charge in [0.15, 0.2) is 0 Å². The highest BCUT2D eigenvalue weighted by Gasteiger charge is 2.44. The van der Waals surface area contributed by atoms with Gasteiger partial charge in [-0.15, -0.1) is 13.2 Å². The Morgan fingerprint density at radius 2 is 1.87 bits per heavy atom. The first-order valence-corrected chi connectivity index (χ1v) is 9.91. The Hall–Kier alpha value is -3.07. The van der Waals surface area contributed by atoms with Crippen molar-refractivity contribution in [2.45, 2.75) is 38.6 Å². The van der Waals surface area contributed by atoms with E-state index in [0.717, 1.165) is 36.1 Å². The SMILES string of the molecule is O=C(c1ccc2c(c1)CC[C@@]1(CCNC1=O)C2)N(O)Cc1ccc(OC(F)(F)F)cc1. The molecule has 0 aromatic heterocycles. The standard InChI is InChI=1S/C22H21F3N2O4/c23-22(24,25)31-18-5-1-14(2-6-18)13-27(30)19(28)16-3-4-17-12-21(8-7-15(17)11-16)9-10-26-20(21)29/h1-6,11,30H,7-10,12-13H2,(H,26,29)/t21-/m1/s1. The summed E-state index contributed by atoms with van der Waals surface area (Å²) in [7, 11) is 0. The van der Waals surface area contributed by atoms with Gasteiger partial charge < -0.3 is 10.1 Å². The van der Waals surface area contributed by atoms with Crippen LogP contribution >= 0.6 is 0 Å². The number of nitrogens with one attached hydrogen (secondary N) is 1. The van der Waals surface area contributed by atoms with Crippen LogP contribution in [-0.4, -0.2) is 35.0 Å². The molecule has 0 saturated carbocycles. The zero-order chi connectivity index (χ0) is 22.2. The molecule has 0 radical (unpaired) electrons. The highest BCUT2D eigenvalue weighted by atomic mass is 19.4. The fourth-order valence-corrected chi connectivity index (χ4v) is 4.30. The Balaban J connectivity index is 1.42. The molecule has 9 heteroatoms. The van der Waals surface area contributed by atoms with Crippen LogP contribution in [0.25, 0.3) is 0 Å². The summed E-state index contributed by atoms with van der Waals surface area (Å²) in [6.45, 7) is 0.499. The number of benzene rings is 2. The fourth-order valence-electron chi connectivity index (χ4n) is 4.30. The maximum Gasteiger partial charge on any atom is 0.573 e. The van der Waals surface area contributed by atoms with Crippen molar-refractivity contribution in [3.63, 3.8) is 0 Å². The average Bonchev–Trinajstić information content (AvgIpc) is 3.07. The number of carbonyl (C=O) groups excluding carboxylic acids is 2. The largest absolute Gasteiger partial charge is 0.573 e. The summed E-state index contributed by atoms with van der Waals surface area (Å²) >= 11 is 0. The molecule has 4 rings (SSSR count). The number of halogens is 3. The highest BCUT2D eigenvalue weighted by Crippen LogP contribution is 2.41. The fraction of sp³-hybridized carbons (Fsp3) is 0.364. The number of hydrogen-bond donors (Lipinski definition) is 2.